The van der Waals surface area contributed by atoms with E-state index in [1.807, 2.05) is 60.7 Å². The Morgan fingerprint density at radius 1 is 1.00 bits per heavy atom. The first-order valence-corrected chi connectivity index (χ1v) is 15.2. The molecule has 3 aromatic carbocycles. The lowest BCUT2D eigenvalue weighted by Crippen LogP contribution is -2.40. The quantitative estimate of drug-likeness (QED) is 0.223. The van der Waals surface area contributed by atoms with Crippen LogP contribution in [0.5, 0.6) is 0 Å². The van der Waals surface area contributed by atoms with Gasteiger partial charge in [-0.05, 0) is 43.0 Å². The molecule has 212 valence electrons. The summed E-state index contributed by atoms with van der Waals surface area (Å²) in [6.45, 7) is 9.22. The van der Waals surface area contributed by atoms with Gasteiger partial charge in [-0.2, -0.15) is 0 Å². The van der Waals surface area contributed by atoms with Gasteiger partial charge in [0.1, 0.15) is 0 Å². The maximum Gasteiger partial charge on any atom is 0.338 e. The first-order chi connectivity index (χ1) is 20.4. The maximum absolute atomic E-state index is 14.3. The van der Waals surface area contributed by atoms with Gasteiger partial charge >= 0.3 is 5.97 Å². The number of carbonyl (C=O) groups is 1. The molecule has 0 aliphatic carbocycles. The highest BCUT2D eigenvalue weighted by atomic mass is 32.1. The van der Waals surface area contributed by atoms with E-state index in [2.05, 4.69) is 55.8 Å². The summed E-state index contributed by atoms with van der Waals surface area (Å²) in [5.74, 6) is -0.121. The average Bonchev–Trinajstić information content (AvgIpc) is 3.53. The number of benzene rings is 3. The second kappa shape index (κ2) is 11.4. The van der Waals surface area contributed by atoms with E-state index in [0.29, 0.717) is 26.5 Å². The van der Waals surface area contributed by atoms with Gasteiger partial charge in [-0.15, -0.1) is 0 Å². The van der Waals surface area contributed by atoms with Gasteiger partial charge < -0.3 is 9.30 Å². The van der Waals surface area contributed by atoms with Crippen molar-refractivity contribution in [2.75, 3.05) is 6.61 Å². The van der Waals surface area contributed by atoms with E-state index in [1.54, 1.807) is 11.5 Å². The van der Waals surface area contributed by atoms with Crippen molar-refractivity contribution in [1.29, 1.82) is 0 Å². The number of thiazole rings is 1. The van der Waals surface area contributed by atoms with Gasteiger partial charge in [-0.3, -0.25) is 9.36 Å². The number of carbonyl (C=O) groups excluding carboxylic acids is 1. The topological polar surface area (TPSA) is 65.6 Å². The number of aryl methyl sites for hydroxylation is 1. The van der Waals surface area contributed by atoms with E-state index in [1.165, 1.54) is 16.9 Å². The normalized spacial score (nSPS) is 15.3. The number of esters is 1. The maximum atomic E-state index is 14.3. The van der Waals surface area contributed by atoms with Crippen molar-refractivity contribution in [3.63, 3.8) is 0 Å². The molecule has 3 heterocycles. The van der Waals surface area contributed by atoms with Crippen LogP contribution in [0.3, 0.4) is 0 Å². The molecule has 6 nitrogen and oxygen atoms in total. The predicted molar refractivity (Wildman–Crippen MR) is 169 cm³/mol. The monoisotopic (exact) mass is 575 g/mol. The zero-order valence-electron chi connectivity index (χ0n) is 24.2. The Morgan fingerprint density at radius 2 is 1.71 bits per heavy atom. The van der Waals surface area contributed by atoms with Crippen molar-refractivity contribution >= 4 is 40.0 Å². The Balaban J connectivity index is 1.64. The summed E-state index contributed by atoms with van der Waals surface area (Å²) in [6, 6.07) is 25.3. The lowest BCUT2D eigenvalue weighted by atomic mass is 9.91. The van der Waals surface area contributed by atoms with Crippen LogP contribution >= 0.6 is 11.3 Å². The molecular weight excluding hydrogens is 542 g/mol. The first kappa shape index (κ1) is 27.7. The minimum atomic E-state index is -0.684. The fourth-order valence-corrected chi connectivity index (χ4v) is 6.60. The number of aromatic nitrogens is 2. The van der Waals surface area contributed by atoms with Gasteiger partial charge in [0, 0.05) is 34.8 Å². The molecule has 1 atom stereocenters. The lowest BCUT2D eigenvalue weighted by molar-refractivity contribution is -0.138. The summed E-state index contributed by atoms with van der Waals surface area (Å²) in [4.78, 5) is 33.5. The second-order valence-corrected chi connectivity index (χ2v) is 11.6. The van der Waals surface area contributed by atoms with E-state index in [9.17, 15) is 9.59 Å². The number of nitrogens with zero attached hydrogens (tertiary/aromatic N) is 3. The van der Waals surface area contributed by atoms with Crippen LogP contribution in [0.15, 0.2) is 100 Å². The smallest absolute Gasteiger partial charge is 0.338 e. The van der Waals surface area contributed by atoms with Gasteiger partial charge in [0.05, 0.1) is 28.5 Å². The van der Waals surface area contributed by atoms with Crippen LogP contribution in [0.4, 0.5) is 0 Å². The molecule has 0 fully saturated rings. The van der Waals surface area contributed by atoms with Crippen molar-refractivity contribution in [2.45, 2.75) is 46.2 Å². The van der Waals surface area contributed by atoms with Crippen molar-refractivity contribution in [3.8, 4) is 0 Å². The van der Waals surface area contributed by atoms with E-state index in [4.69, 9.17) is 9.73 Å². The number of fused-ring (bicyclic) bond motifs is 2. The van der Waals surface area contributed by atoms with Crippen LogP contribution in [-0.2, 0) is 16.1 Å². The van der Waals surface area contributed by atoms with Crippen LogP contribution in [0.1, 0.15) is 61.9 Å². The number of hydrogen-bond acceptors (Lipinski definition) is 5. The Morgan fingerprint density at radius 3 is 2.40 bits per heavy atom. The van der Waals surface area contributed by atoms with Crippen molar-refractivity contribution < 1.29 is 9.53 Å². The number of rotatable bonds is 7. The highest BCUT2D eigenvalue weighted by Crippen LogP contribution is 2.35. The van der Waals surface area contributed by atoms with Crippen LogP contribution in [0, 0.1) is 0 Å². The van der Waals surface area contributed by atoms with Gasteiger partial charge in [-0.1, -0.05) is 98.0 Å². The highest BCUT2D eigenvalue weighted by molar-refractivity contribution is 7.07. The SMILES string of the molecule is CCOC(=O)C1=C(c2ccccc2)N=c2s/c(=C/c3cn(CC)c4ccccc34)c(=O)n2C1c1ccc(C(C)C)cc1. The van der Waals surface area contributed by atoms with E-state index in [0.717, 1.165) is 34.1 Å². The van der Waals surface area contributed by atoms with Crippen molar-refractivity contribution in [2.24, 2.45) is 4.99 Å². The fraction of sp³-hybridized carbons (Fsp3) is 0.229. The number of hydrogen-bond donors (Lipinski definition) is 0. The average molecular weight is 576 g/mol. The molecule has 1 unspecified atom stereocenters. The van der Waals surface area contributed by atoms with E-state index in [-0.39, 0.29) is 12.2 Å². The standard InChI is InChI=1S/C35H33N3O3S/c1-5-37-21-26(27-14-10-11-15-28(27)37)20-29-33(39)38-32(25-18-16-23(17-19-25)22(3)4)30(34(40)41-6-2)31(36-35(38)42-29)24-12-8-7-9-13-24/h7-22,32H,5-6H2,1-4H3/b29-20+. The fourth-order valence-electron chi connectivity index (χ4n) is 5.61. The third-order valence-electron chi connectivity index (χ3n) is 7.74. The van der Waals surface area contributed by atoms with Gasteiger partial charge in [0.25, 0.3) is 5.56 Å². The molecule has 0 N–H and O–H groups in total. The van der Waals surface area contributed by atoms with Crippen LogP contribution in [-0.4, -0.2) is 21.7 Å². The predicted octanol–water partition coefficient (Wildman–Crippen LogP) is 6.03. The van der Waals surface area contributed by atoms with Crippen LogP contribution in [0.25, 0.3) is 22.7 Å². The summed E-state index contributed by atoms with van der Waals surface area (Å²) < 4.78 is 10.0. The second-order valence-electron chi connectivity index (χ2n) is 10.6. The van der Waals surface area contributed by atoms with Crippen molar-refractivity contribution in [1.82, 2.24) is 9.13 Å². The Kier molecular flexibility index (Phi) is 7.52. The number of para-hydroxylation sites is 1. The summed E-state index contributed by atoms with van der Waals surface area (Å²) in [6.07, 6.45) is 4.04. The Labute approximate surface area is 248 Å². The molecule has 0 saturated heterocycles. The molecule has 6 rings (SSSR count). The van der Waals surface area contributed by atoms with Crippen LogP contribution < -0.4 is 14.9 Å². The summed E-state index contributed by atoms with van der Waals surface area (Å²) in [7, 11) is 0. The molecule has 0 bridgehead atoms. The first-order valence-electron chi connectivity index (χ1n) is 14.4. The molecule has 1 aliphatic heterocycles. The van der Waals surface area contributed by atoms with E-state index < -0.39 is 12.0 Å². The van der Waals surface area contributed by atoms with E-state index >= 15 is 0 Å². The summed E-state index contributed by atoms with van der Waals surface area (Å²) in [5, 5.41) is 1.09. The molecule has 0 saturated carbocycles. The molecule has 1 aliphatic rings. The molecule has 0 amide bonds. The zero-order valence-corrected chi connectivity index (χ0v) is 25.0. The largest absolute Gasteiger partial charge is 0.463 e. The Bertz CT molecular complexity index is 1990. The third-order valence-corrected chi connectivity index (χ3v) is 8.72. The molecule has 5 aromatic rings. The highest BCUT2D eigenvalue weighted by Gasteiger charge is 2.35. The van der Waals surface area contributed by atoms with Gasteiger partial charge in [0.2, 0.25) is 0 Å². The molecule has 2 aromatic heterocycles. The molecule has 7 heteroatoms. The van der Waals surface area contributed by atoms with Gasteiger partial charge in [0.15, 0.2) is 4.80 Å². The lowest BCUT2D eigenvalue weighted by Gasteiger charge is -2.26. The summed E-state index contributed by atoms with van der Waals surface area (Å²) in [5.41, 5.74) is 5.63. The third kappa shape index (κ3) is 4.84. The zero-order chi connectivity index (χ0) is 29.4. The molecule has 0 radical (unpaired) electrons. The van der Waals surface area contributed by atoms with Gasteiger partial charge in [-0.25, -0.2) is 9.79 Å². The minimum absolute atomic E-state index is 0.182. The minimum Gasteiger partial charge on any atom is -0.463 e. The molecular formula is C35H33N3O3S. The number of ether oxygens (including phenoxy) is 1. The molecule has 0 spiro atoms. The van der Waals surface area contributed by atoms with Crippen LogP contribution in [0.2, 0.25) is 0 Å². The summed E-state index contributed by atoms with van der Waals surface area (Å²) >= 11 is 1.35. The Hall–Kier alpha value is -4.49. The van der Waals surface area contributed by atoms with Crippen molar-refractivity contribution in [3.05, 3.63) is 133 Å². The molecule has 42 heavy (non-hydrogen) atoms.